The molecule has 0 amide bonds. The summed E-state index contributed by atoms with van der Waals surface area (Å²) in [6.07, 6.45) is 3.92. The Morgan fingerprint density at radius 1 is 1.22 bits per heavy atom. The van der Waals surface area contributed by atoms with Crippen molar-refractivity contribution in [3.8, 4) is 0 Å². The number of rotatable bonds is 4. The van der Waals surface area contributed by atoms with Gasteiger partial charge in [-0.05, 0) is 31.5 Å². The van der Waals surface area contributed by atoms with Crippen LogP contribution in [0.4, 0.5) is 0 Å². The van der Waals surface area contributed by atoms with E-state index in [1.807, 2.05) is 42.3 Å². The van der Waals surface area contributed by atoms with Crippen LogP contribution in [-0.2, 0) is 7.05 Å². The van der Waals surface area contributed by atoms with E-state index in [2.05, 4.69) is 30.3 Å². The van der Waals surface area contributed by atoms with Crippen molar-refractivity contribution in [2.75, 3.05) is 0 Å². The smallest absolute Gasteiger partial charge is 0.0537 e. The molecule has 0 aliphatic carbocycles. The van der Waals surface area contributed by atoms with Gasteiger partial charge < -0.3 is 5.32 Å². The fourth-order valence-corrected chi connectivity index (χ4v) is 2.21. The van der Waals surface area contributed by atoms with Crippen molar-refractivity contribution in [1.82, 2.24) is 15.1 Å². The maximum absolute atomic E-state index is 6.00. The molecule has 96 valence electrons. The zero-order valence-electron chi connectivity index (χ0n) is 10.9. The van der Waals surface area contributed by atoms with E-state index in [9.17, 15) is 0 Å². The normalized spacial score (nSPS) is 14.4. The Balaban J connectivity index is 2.05. The van der Waals surface area contributed by atoms with Crippen molar-refractivity contribution in [1.29, 1.82) is 0 Å². The summed E-state index contributed by atoms with van der Waals surface area (Å²) in [6, 6.07) is 8.45. The van der Waals surface area contributed by atoms with Crippen LogP contribution in [0.5, 0.6) is 0 Å². The number of hydrogen-bond donors (Lipinski definition) is 1. The van der Waals surface area contributed by atoms with Gasteiger partial charge in [-0.1, -0.05) is 23.7 Å². The molecular weight excluding hydrogens is 246 g/mol. The lowest BCUT2D eigenvalue weighted by Crippen LogP contribution is -2.22. The van der Waals surface area contributed by atoms with E-state index in [0.717, 1.165) is 5.02 Å². The van der Waals surface area contributed by atoms with E-state index in [-0.39, 0.29) is 12.1 Å². The molecule has 2 atom stereocenters. The van der Waals surface area contributed by atoms with Crippen LogP contribution >= 0.6 is 11.6 Å². The molecule has 2 rings (SSSR count). The Hall–Kier alpha value is -1.32. The van der Waals surface area contributed by atoms with Gasteiger partial charge in [0, 0.05) is 35.9 Å². The molecule has 1 aromatic heterocycles. The first kappa shape index (κ1) is 13.1. The van der Waals surface area contributed by atoms with Crippen LogP contribution in [0.2, 0.25) is 5.02 Å². The first-order valence-electron chi connectivity index (χ1n) is 6.06. The van der Waals surface area contributed by atoms with Gasteiger partial charge in [0.2, 0.25) is 0 Å². The minimum Gasteiger partial charge on any atom is -0.304 e. The van der Waals surface area contributed by atoms with E-state index in [1.54, 1.807) is 0 Å². The quantitative estimate of drug-likeness (QED) is 0.915. The molecular formula is C14H18ClN3. The largest absolute Gasteiger partial charge is 0.304 e. The van der Waals surface area contributed by atoms with Gasteiger partial charge in [-0.3, -0.25) is 4.68 Å². The number of aromatic nitrogens is 2. The third-order valence-electron chi connectivity index (χ3n) is 3.07. The van der Waals surface area contributed by atoms with Gasteiger partial charge in [-0.2, -0.15) is 5.10 Å². The summed E-state index contributed by atoms with van der Waals surface area (Å²) in [7, 11) is 1.93. The van der Waals surface area contributed by atoms with Gasteiger partial charge in [0.1, 0.15) is 0 Å². The maximum atomic E-state index is 6.00. The van der Waals surface area contributed by atoms with Crippen molar-refractivity contribution < 1.29 is 0 Å². The summed E-state index contributed by atoms with van der Waals surface area (Å²) in [5, 5.41) is 8.50. The Labute approximate surface area is 113 Å². The highest BCUT2D eigenvalue weighted by Gasteiger charge is 2.12. The van der Waals surface area contributed by atoms with Crippen LogP contribution in [0.25, 0.3) is 0 Å². The second kappa shape index (κ2) is 5.55. The average Bonchev–Trinajstić information content (AvgIpc) is 2.76. The molecule has 3 nitrogen and oxygen atoms in total. The maximum Gasteiger partial charge on any atom is 0.0537 e. The first-order valence-corrected chi connectivity index (χ1v) is 6.44. The Kier molecular flexibility index (Phi) is 4.04. The van der Waals surface area contributed by atoms with Crippen molar-refractivity contribution >= 4 is 11.6 Å². The van der Waals surface area contributed by atoms with E-state index in [1.165, 1.54) is 11.1 Å². The lowest BCUT2D eigenvalue weighted by Gasteiger charge is -2.19. The molecule has 1 N–H and O–H groups in total. The van der Waals surface area contributed by atoms with Gasteiger partial charge in [0.15, 0.2) is 0 Å². The summed E-state index contributed by atoms with van der Waals surface area (Å²) in [6.45, 7) is 4.27. The highest BCUT2D eigenvalue weighted by molar-refractivity contribution is 6.30. The number of aryl methyl sites for hydroxylation is 1. The van der Waals surface area contributed by atoms with Crippen molar-refractivity contribution in [2.24, 2.45) is 7.05 Å². The molecule has 0 aliphatic heterocycles. The predicted octanol–water partition coefficient (Wildman–Crippen LogP) is 3.49. The van der Waals surface area contributed by atoms with Gasteiger partial charge in [0.05, 0.1) is 6.20 Å². The molecule has 0 radical (unpaired) electrons. The number of benzene rings is 1. The Morgan fingerprint density at radius 3 is 2.56 bits per heavy atom. The molecule has 0 aliphatic rings. The van der Waals surface area contributed by atoms with Crippen LogP contribution in [0.15, 0.2) is 36.7 Å². The fraction of sp³-hybridized carbons (Fsp3) is 0.357. The first-order chi connectivity index (χ1) is 8.56. The molecule has 0 spiro atoms. The van der Waals surface area contributed by atoms with Crippen molar-refractivity contribution in [3.63, 3.8) is 0 Å². The SMILES string of the molecule is CC(N[C@H](C)c1cccc(Cl)c1)c1cnn(C)c1. The zero-order chi connectivity index (χ0) is 13.1. The van der Waals surface area contributed by atoms with Crippen LogP contribution in [-0.4, -0.2) is 9.78 Å². The summed E-state index contributed by atoms with van der Waals surface area (Å²) in [5.74, 6) is 0. The van der Waals surface area contributed by atoms with Crippen LogP contribution in [0, 0.1) is 0 Å². The van der Waals surface area contributed by atoms with E-state index in [4.69, 9.17) is 11.6 Å². The summed E-state index contributed by atoms with van der Waals surface area (Å²) >= 11 is 6.00. The molecule has 0 saturated heterocycles. The van der Waals surface area contributed by atoms with E-state index >= 15 is 0 Å². The topological polar surface area (TPSA) is 29.9 Å². The zero-order valence-corrected chi connectivity index (χ0v) is 11.6. The van der Waals surface area contributed by atoms with Gasteiger partial charge in [-0.25, -0.2) is 0 Å². The summed E-state index contributed by atoms with van der Waals surface area (Å²) in [5.41, 5.74) is 2.38. The molecule has 1 unspecified atom stereocenters. The second-order valence-electron chi connectivity index (χ2n) is 4.61. The third kappa shape index (κ3) is 3.12. The summed E-state index contributed by atoms with van der Waals surface area (Å²) < 4.78 is 1.82. The number of hydrogen-bond acceptors (Lipinski definition) is 2. The summed E-state index contributed by atoms with van der Waals surface area (Å²) in [4.78, 5) is 0. The second-order valence-corrected chi connectivity index (χ2v) is 5.05. The molecule has 18 heavy (non-hydrogen) atoms. The number of halogens is 1. The predicted molar refractivity (Wildman–Crippen MR) is 74.6 cm³/mol. The van der Waals surface area contributed by atoms with Gasteiger partial charge >= 0.3 is 0 Å². The third-order valence-corrected chi connectivity index (χ3v) is 3.31. The number of nitrogens with zero attached hydrogens (tertiary/aromatic N) is 2. The van der Waals surface area contributed by atoms with Crippen LogP contribution < -0.4 is 5.32 Å². The van der Waals surface area contributed by atoms with Crippen LogP contribution in [0.3, 0.4) is 0 Å². The lowest BCUT2D eigenvalue weighted by atomic mass is 10.1. The standard InChI is InChI=1S/C14H18ClN3/c1-10(12-5-4-6-14(15)7-12)17-11(2)13-8-16-18(3)9-13/h4-11,17H,1-3H3/t10-,11?/m1/s1. The van der Waals surface area contributed by atoms with E-state index < -0.39 is 0 Å². The lowest BCUT2D eigenvalue weighted by molar-refractivity contribution is 0.494. The van der Waals surface area contributed by atoms with E-state index in [0.29, 0.717) is 0 Å². The van der Waals surface area contributed by atoms with Gasteiger partial charge in [0.25, 0.3) is 0 Å². The average molecular weight is 264 g/mol. The van der Waals surface area contributed by atoms with Crippen LogP contribution in [0.1, 0.15) is 37.1 Å². The highest BCUT2D eigenvalue weighted by atomic mass is 35.5. The monoisotopic (exact) mass is 263 g/mol. The molecule has 1 heterocycles. The number of nitrogens with one attached hydrogen (secondary N) is 1. The molecule has 0 fully saturated rings. The molecule has 1 aromatic carbocycles. The minimum atomic E-state index is 0.249. The Bertz CT molecular complexity index is 521. The fourth-order valence-electron chi connectivity index (χ4n) is 2.01. The molecule has 2 aromatic rings. The molecule has 0 bridgehead atoms. The van der Waals surface area contributed by atoms with Crippen molar-refractivity contribution in [2.45, 2.75) is 25.9 Å². The minimum absolute atomic E-state index is 0.249. The van der Waals surface area contributed by atoms with Gasteiger partial charge in [-0.15, -0.1) is 0 Å². The molecule has 4 heteroatoms. The Morgan fingerprint density at radius 2 is 1.94 bits per heavy atom. The van der Waals surface area contributed by atoms with Crippen molar-refractivity contribution in [3.05, 3.63) is 52.8 Å². The highest BCUT2D eigenvalue weighted by Crippen LogP contribution is 2.21. The molecule has 0 saturated carbocycles.